The van der Waals surface area contributed by atoms with Crippen LogP contribution < -0.4 is 0 Å². The van der Waals surface area contributed by atoms with Crippen LogP contribution in [0.25, 0.3) is 0 Å². The average Bonchev–Trinajstić information content (AvgIpc) is 2.43. The van der Waals surface area contributed by atoms with E-state index in [2.05, 4.69) is 4.98 Å². The number of carbonyl (C=O) groups is 1. The molecule has 2 aromatic rings. The van der Waals surface area contributed by atoms with Crippen molar-refractivity contribution < 1.29 is 18.0 Å². The molecule has 1 aromatic heterocycles. The molecule has 0 atom stereocenters. The van der Waals surface area contributed by atoms with E-state index in [4.69, 9.17) is 0 Å². The largest absolute Gasteiger partial charge is 0.294 e. The smallest absolute Gasteiger partial charge is 0.195 e. The van der Waals surface area contributed by atoms with Crippen LogP contribution in [-0.4, -0.2) is 10.8 Å². The molecule has 2 nitrogen and oxygen atoms in total. The fourth-order valence-corrected chi connectivity index (χ4v) is 1.68. The number of ketones is 1. The van der Waals surface area contributed by atoms with Gasteiger partial charge in [-0.05, 0) is 30.2 Å². The number of aryl methyl sites for hydroxylation is 1. The van der Waals surface area contributed by atoms with Gasteiger partial charge in [-0.15, -0.1) is 0 Å². The highest BCUT2D eigenvalue weighted by atomic mass is 19.2. The summed E-state index contributed by atoms with van der Waals surface area (Å²) < 4.78 is 39.1. The molecule has 0 bridgehead atoms. The molecule has 0 amide bonds. The first-order chi connectivity index (χ1) is 9.09. The van der Waals surface area contributed by atoms with Gasteiger partial charge in [0, 0.05) is 18.8 Å². The van der Waals surface area contributed by atoms with Crippen molar-refractivity contribution in [1.82, 2.24) is 4.98 Å². The second-order valence-electron chi connectivity index (χ2n) is 4.01. The van der Waals surface area contributed by atoms with Gasteiger partial charge in [0.2, 0.25) is 0 Å². The first kappa shape index (κ1) is 13.3. The third-order valence-electron chi connectivity index (χ3n) is 2.70. The van der Waals surface area contributed by atoms with E-state index in [-0.39, 0.29) is 6.42 Å². The number of hydrogen-bond donors (Lipinski definition) is 0. The normalized spacial score (nSPS) is 10.5. The van der Waals surface area contributed by atoms with Crippen molar-refractivity contribution in [3.8, 4) is 0 Å². The molecule has 0 aliphatic rings. The first-order valence-electron chi connectivity index (χ1n) is 5.65. The molecule has 0 spiro atoms. The lowest BCUT2D eigenvalue weighted by molar-refractivity contribution is 0.0977. The molecule has 1 aromatic carbocycles. The number of halogens is 3. The summed E-state index contributed by atoms with van der Waals surface area (Å²) in [5.74, 6) is -4.93. The predicted molar refractivity (Wildman–Crippen MR) is 63.2 cm³/mol. The quantitative estimate of drug-likeness (QED) is 0.627. The molecule has 0 radical (unpaired) electrons. The fraction of sp³-hybridized carbons (Fsp3) is 0.143. The number of hydrogen-bond acceptors (Lipinski definition) is 2. The van der Waals surface area contributed by atoms with E-state index in [1.165, 1.54) is 0 Å². The van der Waals surface area contributed by atoms with Gasteiger partial charge in [-0.1, -0.05) is 6.07 Å². The van der Waals surface area contributed by atoms with Crippen molar-refractivity contribution in [2.75, 3.05) is 0 Å². The maximum atomic E-state index is 13.4. The molecule has 0 unspecified atom stereocenters. The number of benzene rings is 1. The zero-order valence-electron chi connectivity index (χ0n) is 9.87. The van der Waals surface area contributed by atoms with Gasteiger partial charge in [0.1, 0.15) is 0 Å². The molecule has 0 saturated heterocycles. The summed E-state index contributed by atoms with van der Waals surface area (Å²) in [6.45, 7) is 0. The minimum atomic E-state index is -1.62. The third-order valence-corrected chi connectivity index (χ3v) is 2.70. The van der Waals surface area contributed by atoms with Crippen molar-refractivity contribution in [2.45, 2.75) is 12.8 Å². The van der Waals surface area contributed by atoms with Crippen LogP contribution in [0, 0.1) is 17.5 Å². The van der Waals surface area contributed by atoms with Gasteiger partial charge in [0.25, 0.3) is 0 Å². The number of Topliss-reactive ketones (excluding diaryl/α,β-unsaturated/α-hetero) is 1. The van der Waals surface area contributed by atoms with Crippen molar-refractivity contribution in [3.63, 3.8) is 0 Å². The van der Waals surface area contributed by atoms with Crippen molar-refractivity contribution in [1.29, 1.82) is 0 Å². The van der Waals surface area contributed by atoms with Crippen LogP contribution >= 0.6 is 0 Å². The first-order valence-corrected chi connectivity index (χ1v) is 5.65. The van der Waals surface area contributed by atoms with Crippen molar-refractivity contribution >= 4 is 5.78 Å². The molecule has 0 saturated carbocycles. The molecular formula is C14H10F3NO. The molecule has 98 valence electrons. The zero-order valence-corrected chi connectivity index (χ0v) is 9.87. The molecule has 5 heteroatoms. The van der Waals surface area contributed by atoms with E-state index in [9.17, 15) is 18.0 Å². The lowest BCUT2D eigenvalue weighted by Crippen LogP contribution is -2.07. The SMILES string of the molecule is O=C(CCc1cccnc1)c1ccc(F)c(F)c1F. The maximum absolute atomic E-state index is 13.4. The summed E-state index contributed by atoms with van der Waals surface area (Å²) in [5.41, 5.74) is 0.390. The molecule has 0 aliphatic carbocycles. The van der Waals surface area contributed by atoms with Gasteiger partial charge >= 0.3 is 0 Å². The second-order valence-corrected chi connectivity index (χ2v) is 4.01. The van der Waals surface area contributed by atoms with Crippen LogP contribution in [0.4, 0.5) is 13.2 Å². The Morgan fingerprint density at radius 2 is 1.89 bits per heavy atom. The Kier molecular flexibility index (Phi) is 3.94. The van der Waals surface area contributed by atoms with E-state index in [0.717, 1.165) is 17.7 Å². The molecular weight excluding hydrogens is 255 g/mol. The number of aromatic nitrogens is 1. The highest BCUT2D eigenvalue weighted by Gasteiger charge is 2.18. The highest BCUT2D eigenvalue weighted by molar-refractivity contribution is 5.96. The Morgan fingerprint density at radius 1 is 1.11 bits per heavy atom. The van der Waals surface area contributed by atoms with E-state index in [1.807, 2.05) is 0 Å². The van der Waals surface area contributed by atoms with E-state index >= 15 is 0 Å². The molecule has 2 rings (SSSR count). The zero-order chi connectivity index (χ0) is 13.8. The Labute approximate surface area is 107 Å². The number of pyridine rings is 1. The standard InChI is InChI=1S/C14H10F3NO/c15-11-5-4-10(13(16)14(11)17)12(19)6-3-9-2-1-7-18-8-9/h1-2,4-5,7-8H,3,6H2. The van der Waals surface area contributed by atoms with Gasteiger partial charge in [0.05, 0.1) is 5.56 Å². The fourth-order valence-electron chi connectivity index (χ4n) is 1.68. The summed E-state index contributed by atoms with van der Waals surface area (Å²) >= 11 is 0. The van der Waals surface area contributed by atoms with Gasteiger partial charge in [-0.2, -0.15) is 0 Å². The molecule has 19 heavy (non-hydrogen) atoms. The summed E-state index contributed by atoms with van der Waals surface area (Å²) in [4.78, 5) is 15.6. The number of carbonyl (C=O) groups excluding carboxylic acids is 1. The number of rotatable bonds is 4. The summed E-state index contributed by atoms with van der Waals surface area (Å²) in [5, 5.41) is 0. The Hall–Kier alpha value is -2.17. The second kappa shape index (κ2) is 5.65. The van der Waals surface area contributed by atoms with E-state index in [0.29, 0.717) is 6.42 Å². The van der Waals surface area contributed by atoms with Crippen LogP contribution in [0.3, 0.4) is 0 Å². The van der Waals surface area contributed by atoms with Gasteiger partial charge in [-0.3, -0.25) is 9.78 Å². The predicted octanol–water partition coefficient (Wildman–Crippen LogP) is 3.31. The summed E-state index contributed by atoms with van der Waals surface area (Å²) in [6, 6.07) is 5.20. The lowest BCUT2D eigenvalue weighted by atomic mass is 10.0. The van der Waals surface area contributed by atoms with Crippen molar-refractivity contribution in [3.05, 3.63) is 65.2 Å². The minimum Gasteiger partial charge on any atom is -0.294 e. The average molecular weight is 265 g/mol. The molecule has 1 heterocycles. The molecule has 0 fully saturated rings. The highest BCUT2D eigenvalue weighted by Crippen LogP contribution is 2.17. The monoisotopic (exact) mass is 265 g/mol. The Balaban J connectivity index is 2.11. The van der Waals surface area contributed by atoms with Crippen LogP contribution in [0.2, 0.25) is 0 Å². The van der Waals surface area contributed by atoms with Crippen LogP contribution in [0.15, 0.2) is 36.7 Å². The van der Waals surface area contributed by atoms with Gasteiger partial charge in [-0.25, -0.2) is 13.2 Å². The van der Waals surface area contributed by atoms with E-state index in [1.54, 1.807) is 24.5 Å². The number of nitrogens with zero attached hydrogens (tertiary/aromatic N) is 1. The maximum Gasteiger partial charge on any atom is 0.195 e. The van der Waals surface area contributed by atoms with Gasteiger partial charge in [0.15, 0.2) is 23.2 Å². The Morgan fingerprint density at radius 3 is 2.58 bits per heavy atom. The summed E-state index contributed by atoms with van der Waals surface area (Å²) in [6.07, 6.45) is 3.56. The third kappa shape index (κ3) is 2.99. The van der Waals surface area contributed by atoms with Crippen molar-refractivity contribution in [2.24, 2.45) is 0 Å². The molecule has 0 aliphatic heterocycles. The van der Waals surface area contributed by atoms with Gasteiger partial charge < -0.3 is 0 Å². The topological polar surface area (TPSA) is 30.0 Å². The molecule has 0 N–H and O–H groups in total. The summed E-state index contributed by atoms with van der Waals surface area (Å²) in [7, 11) is 0. The Bertz CT molecular complexity index is 599. The van der Waals surface area contributed by atoms with Crippen LogP contribution in [-0.2, 0) is 6.42 Å². The van der Waals surface area contributed by atoms with Crippen LogP contribution in [0.5, 0.6) is 0 Å². The lowest BCUT2D eigenvalue weighted by Gasteiger charge is -2.04. The van der Waals surface area contributed by atoms with Crippen LogP contribution in [0.1, 0.15) is 22.3 Å². The minimum absolute atomic E-state index is 0.00762. The van der Waals surface area contributed by atoms with E-state index < -0.39 is 28.8 Å².